The van der Waals surface area contributed by atoms with Gasteiger partial charge in [-0.05, 0) is 17.7 Å². The first-order chi connectivity index (χ1) is 6.72. The number of alkyl halides is 1. The molecule has 0 aliphatic heterocycles. The van der Waals surface area contributed by atoms with Crippen LogP contribution in [0.3, 0.4) is 0 Å². The second-order valence-electron chi connectivity index (χ2n) is 2.93. The number of benzene rings is 1. The van der Waals surface area contributed by atoms with E-state index in [-0.39, 0.29) is 5.78 Å². The predicted molar refractivity (Wildman–Crippen MR) is 60.2 cm³/mol. The maximum Gasteiger partial charge on any atom is 0.163 e. The van der Waals surface area contributed by atoms with Crippen molar-refractivity contribution in [1.82, 2.24) is 0 Å². The van der Waals surface area contributed by atoms with Crippen LogP contribution >= 0.6 is 15.9 Å². The first-order valence-corrected chi connectivity index (χ1v) is 5.61. The normalized spacial score (nSPS) is 9.93. The van der Waals surface area contributed by atoms with Gasteiger partial charge < -0.3 is 4.74 Å². The second-order valence-corrected chi connectivity index (χ2v) is 3.49. The zero-order valence-corrected chi connectivity index (χ0v) is 9.93. The van der Waals surface area contributed by atoms with E-state index >= 15 is 0 Å². The largest absolute Gasteiger partial charge is 0.497 e. The Morgan fingerprint density at radius 3 is 2.71 bits per heavy atom. The van der Waals surface area contributed by atoms with Crippen LogP contribution < -0.4 is 4.74 Å². The van der Waals surface area contributed by atoms with Gasteiger partial charge in [0.2, 0.25) is 0 Å². The Labute approximate surface area is 92.4 Å². The molecule has 2 nitrogen and oxygen atoms in total. The van der Waals surface area contributed by atoms with E-state index in [2.05, 4.69) is 15.9 Å². The van der Waals surface area contributed by atoms with Gasteiger partial charge in [0.1, 0.15) is 5.75 Å². The highest BCUT2D eigenvalue weighted by molar-refractivity contribution is 9.08. The van der Waals surface area contributed by atoms with Crippen molar-refractivity contribution in [2.75, 3.05) is 7.11 Å². The van der Waals surface area contributed by atoms with Crippen molar-refractivity contribution in [2.45, 2.75) is 18.7 Å². The average Bonchev–Trinajstić information content (AvgIpc) is 2.27. The van der Waals surface area contributed by atoms with E-state index in [1.54, 1.807) is 13.2 Å². The van der Waals surface area contributed by atoms with Crippen molar-refractivity contribution in [3.05, 3.63) is 29.3 Å². The van der Waals surface area contributed by atoms with Crippen molar-refractivity contribution in [3.8, 4) is 5.75 Å². The van der Waals surface area contributed by atoms with Gasteiger partial charge in [0.15, 0.2) is 5.78 Å². The number of methoxy groups -OCH3 is 1. The molecular formula is C11H13BrO2. The van der Waals surface area contributed by atoms with Crippen LogP contribution in [0.1, 0.15) is 29.3 Å². The Bertz CT molecular complexity index is 334. The minimum absolute atomic E-state index is 0.151. The summed E-state index contributed by atoms with van der Waals surface area (Å²) in [5.74, 6) is 0.879. The summed E-state index contributed by atoms with van der Waals surface area (Å²) in [7, 11) is 1.60. The monoisotopic (exact) mass is 256 g/mol. The molecule has 0 radical (unpaired) electrons. The minimum Gasteiger partial charge on any atom is -0.497 e. The van der Waals surface area contributed by atoms with Gasteiger partial charge in [-0.2, -0.15) is 0 Å². The molecule has 1 rings (SSSR count). The standard InChI is InChI=1S/C11H13BrO2/c1-3-11(13)10-6-9(14-2)5-4-8(10)7-12/h4-6H,3,7H2,1-2H3. The van der Waals surface area contributed by atoms with Gasteiger partial charge >= 0.3 is 0 Å². The first kappa shape index (κ1) is 11.2. The molecule has 0 amide bonds. The van der Waals surface area contributed by atoms with Crippen LogP contribution in [-0.2, 0) is 5.33 Å². The van der Waals surface area contributed by atoms with Gasteiger partial charge in [-0.1, -0.05) is 28.9 Å². The highest BCUT2D eigenvalue weighted by Gasteiger charge is 2.09. The molecule has 0 saturated heterocycles. The molecule has 0 heterocycles. The topological polar surface area (TPSA) is 26.3 Å². The molecule has 0 N–H and O–H groups in total. The van der Waals surface area contributed by atoms with E-state index in [0.717, 1.165) is 16.9 Å². The van der Waals surface area contributed by atoms with Crippen LogP contribution in [0.4, 0.5) is 0 Å². The minimum atomic E-state index is 0.151. The summed E-state index contributed by atoms with van der Waals surface area (Å²) >= 11 is 3.36. The zero-order valence-electron chi connectivity index (χ0n) is 8.34. The molecule has 0 atom stereocenters. The Balaban J connectivity index is 3.14. The number of halogens is 1. The number of hydrogen-bond acceptors (Lipinski definition) is 2. The summed E-state index contributed by atoms with van der Waals surface area (Å²) in [6.07, 6.45) is 0.521. The summed E-state index contributed by atoms with van der Waals surface area (Å²) in [4.78, 5) is 11.6. The maximum absolute atomic E-state index is 11.6. The van der Waals surface area contributed by atoms with Crippen molar-refractivity contribution >= 4 is 21.7 Å². The fourth-order valence-corrected chi connectivity index (χ4v) is 1.74. The van der Waals surface area contributed by atoms with Gasteiger partial charge in [0.25, 0.3) is 0 Å². The molecule has 0 saturated carbocycles. The van der Waals surface area contributed by atoms with E-state index in [1.807, 2.05) is 19.1 Å². The smallest absolute Gasteiger partial charge is 0.163 e. The molecule has 0 fully saturated rings. The number of hydrogen-bond donors (Lipinski definition) is 0. The van der Waals surface area contributed by atoms with Crippen LogP contribution in [-0.4, -0.2) is 12.9 Å². The molecule has 1 aromatic carbocycles. The highest BCUT2D eigenvalue weighted by atomic mass is 79.9. The van der Waals surface area contributed by atoms with E-state index in [1.165, 1.54) is 0 Å². The highest BCUT2D eigenvalue weighted by Crippen LogP contribution is 2.21. The van der Waals surface area contributed by atoms with Crippen molar-refractivity contribution in [2.24, 2.45) is 0 Å². The quantitative estimate of drug-likeness (QED) is 0.611. The van der Waals surface area contributed by atoms with E-state index in [4.69, 9.17) is 4.74 Å². The summed E-state index contributed by atoms with van der Waals surface area (Å²) in [6, 6.07) is 5.57. The predicted octanol–water partition coefficient (Wildman–Crippen LogP) is 3.18. The molecule has 0 aromatic heterocycles. The third kappa shape index (κ3) is 2.35. The fourth-order valence-electron chi connectivity index (χ4n) is 1.25. The van der Waals surface area contributed by atoms with Crippen molar-refractivity contribution in [3.63, 3.8) is 0 Å². The maximum atomic E-state index is 11.6. The lowest BCUT2D eigenvalue weighted by molar-refractivity contribution is 0.0987. The Morgan fingerprint density at radius 2 is 2.21 bits per heavy atom. The van der Waals surface area contributed by atoms with Crippen LogP contribution in [0.15, 0.2) is 18.2 Å². The number of carbonyl (C=O) groups excluding carboxylic acids is 1. The number of ether oxygens (including phenoxy) is 1. The zero-order chi connectivity index (χ0) is 10.6. The van der Waals surface area contributed by atoms with Gasteiger partial charge in [0.05, 0.1) is 7.11 Å². The summed E-state index contributed by atoms with van der Waals surface area (Å²) in [5, 5.41) is 0.693. The van der Waals surface area contributed by atoms with Gasteiger partial charge in [-0.25, -0.2) is 0 Å². The van der Waals surface area contributed by atoms with E-state index < -0.39 is 0 Å². The molecule has 0 unspecified atom stereocenters. The van der Waals surface area contributed by atoms with Crippen LogP contribution in [0.2, 0.25) is 0 Å². The third-order valence-corrected chi connectivity index (χ3v) is 2.69. The van der Waals surface area contributed by atoms with Crippen LogP contribution in [0.5, 0.6) is 5.75 Å². The molecule has 0 aliphatic rings. The van der Waals surface area contributed by atoms with Gasteiger partial charge in [-0.15, -0.1) is 0 Å². The number of carbonyl (C=O) groups is 1. The van der Waals surface area contributed by atoms with Gasteiger partial charge in [-0.3, -0.25) is 4.79 Å². The molecule has 0 spiro atoms. The summed E-state index contributed by atoms with van der Waals surface area (Å²) in [6.45, 7) is 1.86. The molecule has 0 bridgehead atoms. The number of rotatable bonds is 4. The molecule has 1 aromatic rings. The van der Waals surface area contributed by atoms with E-state index in [9.17, 15) is 4.79 Å². The molecule has 14 heavy (non-hydrogen) atoms. The van der Waals surface area contributed by atoms with Crippen LogP contribution in [0, 0.1) is 0 Å². The lowest BCUT2D eigenvalue weighted by Crippen LogP contribution is -2.01. The first-order valence-electron chi connectivity index (χ1n) is 4.49. The third-order valence-electron chi connectivity index (χ3n) is 2.08. The SMILES string of the molecule is CCC(=O)c1cc(OC)ccc1CBr. The van der Waals surface area contributed by atoms with Crippen molar-refractivity contribution < 1.29 is 9.53 Å². The van der Waals surface area contributed by atoms with Gasteiger partial charge in [0, 0.05) is 17.3 Å². The Kier molecular flexibility index (Phi) is 4.14. The van der Waals surface area contributed by atoms with Crippen LogP contribution in [0.25, 0.3) is 0 Å². The molecule has 76 valence electrons. The lowest BCUT2D eigenvalue weighted by Gasteiger charge is -2.07. The lowest BCUT2D eigenvalue weighted by atomic mass is 10.0. The average molecular weight is 257 g/mol. The number of ketones is 1. The van der Waals surface area contributed by atoms with E-state index in [0.29, 0.717) is 11.8 Å². The molecule has 0 aliphatic carbocycles. The molecular weight excluding hydrogens is 244 g/mol. The summed E-state index contributed by atoms with van der Waals surface area (Å²) < 4.78 is 5.08. The molecule has 3 heteroatoms. The van der Waals surface area contributed by atoms with Crippen molar-refractivity contribution in [1.29, 1.82) is 0 Å². The number of Topliss-reactive ketones (excluding diaryl/α,β-unsaturated/α-hetero) is 1. The summed E-state index contributed by atoms with van der Waals surface area (Å²) in [5.41, 5.74) is 1.77. The fraction of sp³-hybridized carbons (Fsp3) is 0.364. The Morgan fingerprint density at radius 1 is 1.50 bits per heavy atom. The Hall–Kier alpha value is -0.830. The second kappa shape index (κ2) is 5.15.